The summed E-state index contributed by atoms with van der Waals surface area (Å²) in [5.41, 5.74) is 13.1. The second kappa shape index (κ2) is 12.5. The molecule has 0 aliphatic heterocycles. The Bertz CT molecular complexity index is 4170. The van der Waals surface area contributed by atoms with E-state index >= 15 is 0 Å². The van der Waals surface area contributed by atoms with E-state index in [4.69, 9.17) is 23.2 Å². The Morgan fingerprint density at radius 3 is 1.87 bits per heavy atom. The van der Waals surface area contributed by atoms with Crippen LogP contribution in [0, 0.1) is 0 Å². The highest BCUT2D eigenvalue weighted by Gasteiger charge is 2.26. The first-order valence-corrected chi connectivity index (χ1v) is 20.8. The van der Waals surface area contributed by atoms with Crippen LogP contribution < -0.4 is 0 Å². The Labute approximate surface area is 352 Å². The molecule has 288 valence electrons. The highest BCUT2D eigenvalue weighted by Crippen LogP contribution is 2.46. The minimum Gasteiger partial charge on any atom is -0.456 e. The lowest BCUT2D eigenvalue weighted by molar-refractivity contribution is 0.662. The van der Waals surface area contributed by atoms with Crippen molar-refractivity contribution < 1.29 is 13.3 Å². The van der Waals surface area contributed by atoms with E-state index < -0.39 is 0 Å². The number of hydrogen-bond acceptors (Lipinski definition) is 5. The van der Waals surface area contributed by atoms with E-state index in [2.05, 4.69) is 138 Å². The van der Waals surface area contributed by atoms with Crippen LogP contribution >= 0.6 is 0 Å². The molecule has 0 amide bonds. The van der Waals surface area contributed by atoms with Gasteiger partial charge >= 0.3 is 0 Å². The molecule has 0 unspecified atom stereocenters. The van der Waals surface area contributed by atoms with Crippen LogP contribution in [0.4, 0.5) is 0 Å². The number of benzene rings is 9. The maximum atomic E-state index is 6.98. The number of fused-ring (bicyclic) bond motifs is 13. The molecule has 9 aromatic carbocycles. The van der Waals surface area contributed by atoms with Crippen LogP contribution in [-0.2, 0) is 0 Å². The van der Waals surface area contributed by atoms with Crippen LogP contribution in [0.5, 0.6) is 0 Å². The van der Waals surface area contributed by atoms with E-state index in [1.807, 2.05) is 54.6 Å². The van der Waals surface area contributed by atoms with Gasteiger partial charge in [0.2, 0.25) is 0 Å². The zero-order chi connectivity index (χ0) is 40.5. The average molecular weight is 794 g/mol. The molecule has 0 saturated carbocycles. The van der Waals surface area contributed by atoms with Crippen molar-refractivity contribution in [3.8, 4) is 39.5 Å². The Kier molecular flexibility index (Phi) is 6.74. The van der Waals surface area contributed by atoms with Gasteiger partial charge in [0, 0.05) is 43.4 Å². The van der Waals surface area contributed by atoms with Gasteiger partial charge in [0.15, 0.2) is 11.4 Å². The Balaban J connectivity index is 1.08. The third kappa shape index (κ3) is 4.74. The highest BCUT2D eigenvalue weighted by molar-refractivity contribution is 6.20. The predicted molar refractivity (Wildman–Crippen MR) is 252 cm³/mol. The fourth-order valence-electron chi connectivity index (χ4n) is 9.73. The van der Waals surface area contributed by atoms with Crippen molar-refractivity contribution in [2.45, 2.75) is 0 Å². The molecule has 0 atom stereocenters. The van der Waals surface area contributed by atoms with E-state index in [9.17, 15) is 0 Å². The molecule has 0 bridgehead atoms. The monoisotopic (exact) mass is 793 g/mol. The summed E-state index contributed by atoms with van der Waals surface area (Å²) < 4.78 is 22.4. The van der Waals surface area contributed by atoms with E-state index in [0.29, 0.717) is 17.1 Å². The molecule has 0 fully saturated rings. The largest absolute Gasteiger partial charge is 0.456 e. The number of nitrogens with zero attached hydrogens (tertiary/aromatic N) is 3. The topological polar surface area (TPSA) is 70.1 Å². The van der Waals surface area contributed by atoms with E-state index in [0.717, 1.165) is 99.3 Å². The molecule has 0 N–H and O–H groups in total. The summed E-state index contributed by atoms with van der Waals surface area (Å²) in [7, 11) is 0. The number of furan rings is 3. The van der Waals surface area contributed by atoms with Crippen LogP contribution in [0.1, 0.15) is 0 Å². The van der Waals surface area contributed by atoms with Crippen LogP contribution in [0.2, 0.25) is 0 Å². The normalized spacial score (nSPS) is 12.2. The molecular weight excluding hydrogens is 763 g/mol. The first-order valence-electron chi connectivity index (χ1n) is 20.8. The van der Waals surface area contributed by atoms with Crippen molar-refractivity contribution in [3.63, 3.8) is 0 Å². The fraction of sp³-hybridized carbons (Fsp3) is 0. The second-order valence-electron chi connectivity index (χ2n) is 16.1. The van der Waals surface area contributed by atoms with Gasteiger partial charge in [0.1, 0.15) is 39.1 Å². The van der Waals surface area contributed by atoms with E-state index in [1.165, 1.54) is 21.5 Å². The zero-order valence-corrected chi connectivity index (χ0v) is 33.0. The van der Waals surface area contributed by atoms with Gasteiger partial charge in [-0.05, 0) is 94.7 Å². The molecule has 6 heteroatoms. The second-order valence-corrected chi connectivity index (χ2v) is 16.1. The maximum absolute atomic E-state index is 6.98. The van der Waals surface area contributed by atoms with Crippen molar-refractivity contribution in [2.75, 3.05) is 0 Å². The fourth-order valence-corrected chi connectivity index (χ4v) is 9.73. The van der Waals surface area contributed by atoms with Crippen LogP contribution in [0.15, 0.2) is 201 Å². The summed E-state index contributed by atoms with van der Waals surface area (Å²) in [5.74, 6) is 0.579. The summed E-state index contributed by atoms with van der Waals surface area (Å²) in [4.78, 5) is 10.8. The van der Waals surface area contributed by atoms with Gasteiger partial charge in [-0.2, -0.15) is 0 Å². The molecule has 0 aliphatic carbocycles. The highest BCUT2D eigenvalue weighted by atomic mass is 16.3. The van der Waals surface area contributed by atoms with Crippen molar-refractivity contribution in [2.24, 2.45) is 0 Å². The van der Waals surface area contributed by atoms with Crippen molar-refractivity contribution in [3.05, 3.63) is 188 Å². The first-order chi connectivity index (χ1) is 30.7. The molecule has 0 aliphatic rings. The van der Waals surface area contributed by atoms with E-state index in [1.54, 1.807) is 0 Å². The third-order valence-electron chi connectivity index (χ3n) is 12.6. The molecule has 6 nitrogen and oxygen atoms in total. The van der Waals surface area contributed by atoms with E-state index in [-0.39, 0.29) is 0 Å². The molecule has 14 rings (SSSR count). The predicted octanol–water partition coefficient (Wildman–Crippen LogP) is 15.4. The van der Waals surface area contributed by atoms with Crippen molar-refractivity contribution in [1.29, 1.82) is 0 Å². The van der Waals surface area contributed by atoms with Gasteiger partial charge in [-0.15, -0.1) is 0 Å². The lowest BCUT2D eigenvalue weighted by Crippen LogP contribution is -1.97. The summed E-state index contributed by atoms with van der Waals surface area (Å²) >= 11 is 0. The van der Waals surface area contributed by atoms with Gasteiger partial charge in [-0.25, -0.2) is 9.97 Å². The minimum absolute atomic E-state index is 0.579. The van der Waals surface area contributed by atoms with Gasteiger partial charge in [0.25, 0.3) is 0 Å². The number of aromatic nitrogens is 3. The quantitative estimate of drug-likeness (QED) is 0.177. The van der Waals surface area contributed by atoms with Gasteiger partial charge < -0.3 is 17.8 Å². The molecular formula is C56H31N3O3. The van der Waals surface area contributed by atoms with Gasteiger partial charge in [-0.1, -0.05) is 115 Å². The summed E-state index contributed by atoms with van der Waals surface area (Å²) in [6.45, 7) is 0. The standard InChI is InChI=1S/C56H31N3O3/c1-2-12-32(13-3-1)35-22-26-50-43(29-35)53-55(62-50)52(57-56(58-53)36-23-27-49-42(30-36)38-17-7-10-20-47(38)60-49)40-24-25-45(51-39-18-8-11-21-48(39)61-54(40)51)59-44-19-9-6-16-37(44)41-28-33-14-4-5-15-34(33)31-46(41)59/h1-31H. The molecule has 5 aromatic heterocycles. The van der Waals surface area contributed by atoms with Crippen molar-refractivity contribution in [1.82, 2.24) is 14.5 Å². The van der Waals surface area contributed by atoms with Crippen LogP contribution in [0.25, 0.3) is 138 Å². The Hall–Kier alpha value is -8.48. The number of rotatable bonds is 4. The van der Waals surface area contributed by atoms with Crippen LogP contribution in [0.3, 0.4) is 0 Å². The lowest BCUT2D eigenvalue weighted by atomic mass is 10.0. The van der Waals surface area contributed by atoms with Crippen LogP contribution in [-0.4, -0.2) is 14.5 Å². The molecule has 14 aromatic rings. The maximum Gasteiger partial charge on any atom is 0.180 e. The van der Waals surface area contributed by atoms with Crippen molar-refractivity contribution >= 4 is 98.5 Å². The molecule has 0 saturated heterocycles. The summed E-state index contributed by atoms with van der Waals surface area (Å²) in [6.07, 6.45) is 0. The molecule has 62 heavy (non-hydrogen) atoms. The zero-order valence-electron chi connectivity index (χ0n) is 33.0. The number of hydrogen-bond donors (Lipinski definition) is 0. The Morgan fingerprint density at radius 2 is 1.02 bits per heavy atom. The molecule has 5 heterocycles. The molecule has 0 spiro atoms. The molecule has 0 radical (unpaired) electrons. The minimum atomic E-state index is 0.579. The smallest absolute Gasteiger partial charge is 0.180 e. The summed E-state index contributed by atoms with van der Waals surface area (Å²) in [5, 5.41) is 9.78. The van der Waals surface area contributed by atoms with Gasteiger partial charge in [0.05, 0.1) is 22.1 Å². The summed E-state index contributed by atoms with van der Waals surface area (Å²) in [6, 6.07) is 65.6. The third-order valence-corrected chi connectivity index (χ3v) is 12.6. The first kappa shape index (κ1) is 33.4. The Morgan fingerprint density at radius 1 is 0.371 bits per heavy atom. The average Bonchev–Trinajstić information content (AvgIpc) is 4.09. The van der Waals surface area contributed by atoms with Gasteiger partial charge in [-0.3, -0.25) is 0 Å². The number of para-hydroxylation sites is 3. The SMILES string of the molecule is c1ccc(-c2ccc3oc4c(-c5ccc(-n6c7ccccc7c7cc8ccccc8cc76)c6c5oc5ccccc56)nc(-c5ccc6oc7ccccc7c6c5)nc4c3c2)cc1. The lowest BCUT2D eigenvalue weighted by Gasteiger charge is -2.13.